The summed E-state index contributed by atoms with van der Waals surface area (Å²) in [6, 6.07) is 11.6. The number of ether oxygens (including phenoxy) is 1. The van der Waals surface area contributed by atoms with Crippen molar-refractivity contribution in [2.45, 2.75) is 26.2 Å². The number of benzene rings is 1. The SMILES string of the molecule is Cc1cccc(C2=N/C(=C\c3ccc([C@H]4C[C@H]4C)o3)C(=O)O2)c1. The highest BCUT2D eigenvalue weighted by atomic mass is 16.6. The Morgan fingerprint density at radius 1 is 1.26 bits per heavy atom. The van der Waals surface area contributed by atoms with Gasteiger partial charge in [-0.15, -0.1) is 0 Å². The van der Waals surface area contributed by atoms with Gasteiger partial charge in [0.1, 0.15) is 11.5 Å². The standard InChI is InChI=1S/C19H17NO3/c1-11-4-3-5-13(8-11)18-20-16(19(21)23-18)10-14-6-7-17(22-14)15-9-12(15)2/h3-8,10,12,15H,9H2,1-2H3/b16-10-/t12-,15+/m1/s1. The quantitative estimate of drug-likeness (QED) is 0.635. The van der Waals surface area contributed by atoms with Crippen molar-refractivity contribution < 1.29 is 13.9 Å². The minimum atomic E-state index is -0.445. The summed E-state index contributed by atoms with van der Waals surface area (Å²) in [6.45, 7) is 4.19. The van der Waals surface area contributed by atoms with E-state index in [1.807, 2.05) is 43.3 Å². The van der Waals surface area contributed by atoms with Gasteiger partial charge in [0.25, 0.3) is 0 Å². The van der Waals surface area contributed by atoms with Crippen LogP contribution in [-0.4, -0.2) is 11.9 Å². The van der Waals surface area contributed by atoms with E-state index in [-0.39, 0.29) is 5.70 Å². The van der Waals surface area contributed by atoms with Crippen molar-refractivity contribution in [3.63, 3.8) is 0 Å². The number of aryl methyl sites for hydroxylation is 1. The minimum Gasteiger partial charge on any atom is -0.461 e. The van der Waals surface area contributed by atoms with Crippen molar-refractivity contribution in [1.29, 1.82) is 0 Å². The Hall–Kier alpha value is -2.62. The molecule has 4 nitrogen and oxygen atoms in total. The first-order chi connectivity index (χ1) is 11.1. The van der Waals surface area contributed by atoms with E-state index < -0.39 is 5.97 Å². The van der Waals surface area contributed by atoms with Gasteiger partial charge in [0.05, 0.1) is 0 Å². The van der Waals surface area contributed by atoms with E-state index in [1.54, 1.807) is 6.08 Å². The van der Waals surface area contributed by atoms with Crippen LogP contribution in [0, 0.1) is 12.8 Å². The normalized spacial score (nSPS) is 24.7. The second kappa shape index (κ2) is 5.23. The predicted octanol–water partition coefficient (Wildman–Crippen LogP) is 4.06. The van der Waals surface area contributed by atoms with Gasteiger partial charge >= 0.3 is 5.97 Å². The number of hydrogen-bond donors (Lipinski definition) is 0. The highest BCUT2D eigenvalue weighted by molar-refractivity contribution is 6.12. The molecule has 116 valence electrons. The van der Waals surface area contributed by atoms with Gasteiger partial charge in [-0.3, -0.25) is 0 Å². The molecule has 23 heavy (non-hydrogen) atoms. The number of hydrogen-bond acceptors (Lipinski definition) is 4. The summed E-state index contributed by atoms with van der Waals surface area (Å²) < 4.78 is 11.1. The Bertz CT molecular complexity index is 844. The van der Waals surface area contributed by atoms with Crippen LogP contribution in [-0.2, 0) is 9.53 Å². The zero-order valence-electron chi connectivity index (χ0n) is 13.1. The fraction of sp³-hybridized carbons (Fsp3) is 0.263. The van der Waals surface area contributed by atoms with Crippen LogP contribution in [0.5, 0.6) is 0 Å². The molecule has 2 heterocycles. The summed E-state index contributed by atoms with van der Waals surface area (Å²) >= 11 is 0. The molecule has 4 heteroatoms. The van der Waals surface area contributed by atoms with Crippen molar-refractivity contribution in [3.05, 3.63) is 64.7 Å². The lowest BCUT2D eigenvalue weighted by atomic mass is 10.1. The smallest absolute Gasteiger partial charge is 0.363 e. The Balaban J connectivity index is 1.60. The summed E-state index contributed by atoms with van der Waals surface area (Å²) in [5.41, 5.74) is 2.16. The van der Waals surface area contributed by atoms with Crippen molar-refractivity contribution in [1.82, 2.24) is 0 Å². The molecule has 0 N–H and O–H groups in total. The first-order valence-corrected chi connectivity index (χ1v) is 7.79. The van der Waals surface area contributed by atoms with Crippen LogP contribution < -0.4 is 0 Å². The third kappa shape index (κ3) is 2.72. The van der Waals surface area contributed by atoms with Gasteiger partial charge in [-0.05, 0) is 43.5 Å². The minimum absolute atomic E-state index is 0.270. The molecule has 1 aromatic carbocycles. The molecule has 0 spiro atoms. The Morgan fingerprint density at radius 2 is 2.09 bits per heavy atom. The van der Waals surface area contributed by atoms with Crippen LogP contribution in [0.15, 0.2) is 51.5 Å². The summed E-state index contributed by atoms with van der Waals surface area (Å²) in [7, 11) is 0. The molecule has 0 amide bonds. The molecule has 4 rings (SSSR count). The summed E-state index contributed by atoms with van der Waals surface area (Å²) in [4.78, 5) is 16.3. The third-order valence-corrected chi connectivity index (χ3v) is 4.29. The van der Waals surface area contributed by atoms with Crippen molar-refractivity contribution in [3.8, 4) is 0 Å². The van der Waals surface area contributed by atoms with Crippen molar-refractivity contribution in [2.24, 2.45) is 10.9 Å². The largest absolute Gasteiger partial charge is 0.461 e. The van der Waals surface area contributed by atoms with Gasteiger partial charge in [0.2, 0.25) is 5.90 Å². The van der Waals surface area contributed by atoms with Crippen molar-refractivity contribution >= 4 is 17.9 Å². The second-order valence-electron chi connectivity index (χ2n) is 6.27. The number of esters is 1. The summed E-state index contributed by atoms with van der Waals surface area (Å²) in [6.07, 6.45) is 2.81. The maximum absolute atomic E-state index is 12.0. The number of furan rings is 1. The molecule has 2 atom stereocenters. The van der Waals surface area contributed by atoms with E-state index in [4.69, 9.17) is 9.15 Å². The van der Waals surface area contributed by atoms with Gasteiger partial charge in [0, 0.05) is 17.6 Å². The molecule has 0 bridgehead atoms. The van der Waals surface area contributed by atoms with Gasteiger partial charge in [0.15, 0.2) is 5.70 Å². The molecule has 2 aromatic rings. The molecular weight excluding hydrogens is 290 g/mol. The Labute approximate surface area is 134 Å². The highest BCUT2D eigenvalue weighted by Crippen LogP contribution is 2.47. The lowest BCUT2D eigenvalue weighted by Crippen LogP contribution is -2.05. The lowest BCUT2D eigenvalue weighted by molar-refractivity contribution is -0.129. The van der Waals surface area contributed by atoms with E-state index in [2.05, 4.69) is 11.9 Å². The van der Waals surface area contributed by atoms with Crippen LogP contribution in [0.4, 0.5) is 0 Å². The van der Waals surface area contributed by atoms with Crippen LogP contribution in [0.3, 0.4) is 0 Å². The maximum atomic E-state index is 12.0. The van der Waals surface area contributed by atoms with E-state index in [0.29, 0.717) is 23.5 Å². The topological polar surface area (TPSA) is 51.8 Å². The molecule has 0 saturated heterocycles. The number of nitrogens with zero attached hydrogens (tertiary/aromatic N) is 1. The van der Waals surface area contributed by atoms with Crippen LogP contribution in [0.1, 0.15) is 41.9 Å². The summed E-state index contributed by atoms with van der Waals surface area (Å²) in [5.74, 6) is 2.72. The van der Waals surface area contributed by atoms with E-state index >= 15 is 0 Å². The van der Waals surface area contributed by atoms with Crippen LogP contribution in [0.2, 0.25) is 0 Å². The van der Waals surface area contributed by atoms with E-state index in [0.717, 1.165) is 16.9 Å². The first kappa shape index (κ1) is 14.0. The number of carbonyl (C=O) groups is 1. The number of aliphatic imine (C=N–C) groups is 1. The number of rotatable bonds is 3. The number of carbonyl (C=O) groups excluding carboxylic acids is 1. The molecule has 0 unspecified atom stereocenters. The molecule has 2 aliphatic rings. The van der Waals surface area contributed by atoms with Gasteiger partial charge in [-0.2, -0.15) is 0 Å². The average Bonchev–Trinajstić information content (AvgIpc) is 2.94. The maximum Gasteiger partial charge on any atom is 0.363 e. The molecule has 1 aliphatic carbocycles. The van der Waals surface area contributed by atoms with Crippen molar-refractivity contribution in [2.75, 3.05) is 0 Å². The van der Waals surface area contributed by atoms with Crippen LogP contribution in [0.25, 0.3) is 6.08 Å². The van der Waals surface area contributed by atoms with Gasteiger partial charge in [-0.25, -0.2) is 9.79 Å². The first-order valence-electron chi connectivity index (χ1n) is 7.79. The monoisotopic (exact) mass is 307 g/mol. The van der Waals surface area contributed by atoms with E-state index in [9.17, 15) is 4.79 Å². The summed E-state index contributed by atoms with van der Waals surface area (Å²) in [5, 5.41) is 0. The molecule has 1 aliphatic heterocycles. The zero-order valence-corrected chi connectivity index (χ0v) is 13.1. The molecule has 1 saturated carbocycles. The Morgan fingerprint density at radius 3 is 2.83 bits per heavy atom. The van der Waals surface area contributed by atoms with E-state index in [1.165, 1.54) is 6.42 Å². The fourth-order valence-corrected chi connectivity index (χ4v) is 2.81. The third-order valence-electron chi connectivity index (χ3n) is 4.29. The zero-order chi connectivity index (χ0) is 16.0. The van der Waals surface area contributed by atoms with Gasteiger partial charge < -0.3 is 9.15 Å². The Kier molecular flexibility index (Phi) is 3.18. The molecule has 1 aromatic heterocycles. The molecule has 1 fully saturated rings. The van der Waals surface area contributed by atoms with Crippen LogP contribution >= 0.6 is 0 Å². The second-order valence-corrected chi connectivity index (χ2v) is 6.27. The van der Waals surface area contributed by atoms with Gasteiger partial charge in [-0.1, -0.05) is 24.6 Å². The molecular formula is C19H17NO3. The fourth-order valence-electron chi connectivity index (χ4n) is 2.81. The number of cyclic esters (lactones) is 1. The molecule has 0 radical (unpaired) electrons. The average molecular weight is 307 g/mol. The highest BCUT2D eigenvalue weighted by Gasteiger charge is 2.36. The lowest BCUT2D eigenvalue weighted by Gasteiger charge is -1.99. The predicted molar refractivity (Wildman–Crippen MR) is 87.0 cm³/mol.